The topological polar surface area (TPSA) is 26.0 Å². The Hall–Kier alpha value is -1.31. The number of hydrogen-bond acceptors (Lipinski definition) is 1. The van der Waals surface area contributed by atoms with E-state index in [1.165, 1.54) is 24.0 Å². The molecule has 4 atom stereocenters. The summed E-state index contributed by atoms with van der Waals surface area (Å²) in [4.78, 5) is 0. The van der Waals surface area contributed by atoms with E-state index in [0.717, 1.165) is 17.4 Å². The van der Waals surface area contributed by atoms with Crippen molar-refractivity contribution in [2.45, 2.75) is 31.2 Å². The zero-order valence-electron chi connectivity index (χ0n) is 12.0. The fourth-order valence-corrected chi connectivity index (χ4v) is 4.47. The van der Waals surface area contributed by atoms with E-state index < -0.39 is 0 Å². The van der Waals surface area contributed by atoms with Crippen LogP contribution in [0.3, 0.4) is 0 Å². The van der Waals surface area contributed by atoms with Gasteiger partial charge in [-0.05, 0) is 59.8 Å². The molecule has 4 unspecified atom stereocenters. The fraction of sp³-hybridized carbons (Fsp3) is 0.368. The first-order chi connectivity index (χ1) is 10.3. The Kier molecular flexibility index (Phi) is 3.28. The monoisotopic (exact) mass is 297 g/mol. The molecule has 1 nitrogen and oxygen atoms in total. The van der Waals surface area contributed by atoms with Gasteiger partial charge in [0.05, 0.1) is 0 Å². The van der Waals surface area contributed by atoms with E-state index in [2.05, 4.69) is 30.3 Å². The number of halogens is 1. The standard InChI is InChI=1S/C19H20ClN/c20-16-8-4-2-6-13(16)11-17(21)19-15-10-9-12-5-1-3-7-14(12)18(15)19/h1-8,15,17-19H,9-11,21H2. The minimum Gasteiger partial charge on any atom is -0.327 e. The fourth-order valence-electron chi connectivity index (χ4n) is 4.26. The summed E-state index contributed by atoms with van der Waals surface area (Å²) in [6.45, 7) is 0. The lowest BCUT2D eigenvalue weighted by atomic mass is 9.92. The van der Waals surface area contributed by atoms with Gasteiger partial charge in [-0.25, -0.2) is 0 Å². The summed E-state index contributed by atoms with van der Waals surface area (Å²) in [6, 6.07) is 17.2. The Morgan fingerprint density at radius 2 is 1.86 bits per heavy atom. The lowest BCUT2D eigenvalue weighted by Crippen LogP contribution is -2.26. The molecule has 2 aliphatic carbocycles. The Labute approximate surface area is 131 Å². The smallest absolute Gasteiger partial charge is 0.0438 e. The van der Waals surface area contributed by atoms with Crippen LogP contribution in [0.15, 0.2) is 48.5 Å². The van der Waals surface area contributed by atoms with Gasteiger partial charge in [-0.3, -0.25) is 0 Å². The van der Waals surface area contributed by atoms with Gasteiger partial charge in [0.25, 0.3) is 0 Å². The predicted molar refractivity (Wildman–Crippen MR) is 87.6 cm³/mol. The molecule has 0 bridgehead atoms. The molecule has 2 heteroatoms. The number of rotatable bonds is 3. The second kappa shape index (κ2) is 5.15. The third-order valence-corrected chi connectivity index (χ3v) is 5.67. The molecule has 2 aromatic rings. The zero-order chi connectivity index (χ0) is 14.4. The Bertz CT molecular complexity index is 666. The number of nitrogens with two attached hydrogens (primary N) is 1. The van der Waals surface area contributed by atoms with Crippen LogP contribution in [0.1, 0.15) is 29.0 Å². The van der Waals surface area contributed by atoms with E-state index >= 15 is 0 Å². The highest BCUT2D eigenvalue weighted by atomic mass is 35.5. The summed E-state index contributed by atoms with van der Waals surface area (Å²) in [5.74, 6) is 2.11. The third kappa shape index (κ3) is 2.29. The van der Waals surface area contributed by atoms with Crippen LogP contribution in [-0.2, 0) is 12.8 Å². The molecule has 108 valence electrons. The molecule has 2 aliphatic rings. The molecule has 21 heavy (non-hydrogen) atoms. The number of fused-ring (bicyclic) bond motifs is 3. The first kappa shape index (κ1) is 13.4. The van der Waals surface area contributed by atoms with E-state index in [9.17, 15) is 0 Å². The highest BCUT2D eigenvalue weighted by Gasteiger charge is 2.55. The molecule has 0 saturated heterocycles. The van der Waals surface area contributed by atoms with Crippen LogP contribution in [0.5, 0.6) is 0 Å². The maximum absolute atomic E-state index is 6.54. The molecule has 0 spiro atoms. The second-order valence-electron chi connectivity index (χ2n) is 6.46. The van der Waals surface area contributed by atoms with E-state index in [-0.39, 0.29) is 6.04 Å². The first-order valence-electron chi connectivity index (χ1n) is 7.82. The highest BCUT2D eigenvalue weighted by Crippen LogP contribution is 2.61. The van der Waals surface area contributed by atoms with Crippen molar-refractivity contribution in [3.8, 4) is 0 Å². The van der Waals surface area contributed by atoms with Crippen LogP contribution in [-0.4, -0.2) is 6.04 Å². The minimum absolute atomic E-state index is 0.214. The Morgan fingerprint density at radius 1 is 1.10 bits per heavy atom. The maximum atomic E-state index is 6.54. The molecule has 0 heterocycles. The molecular weight excluding hydrogens is 278 g/mol. The predicted octanol–water partition coefficient (Wildman–Crippen LogP) is 4.19. The molecule has 0 aromatic heterocycles. The van der Waals surface area contributed by atoms with Gasteiger partial charge in [0.15, 0.2) is 0 Å². The average Bonchev–Trinajstić information content (AvgIpc) is 3.24. The van der Waals surface area contributed by atoms with Crippen molar-refractivity contribution in [1.82, 2.24) is 0 Å². The van der Waals surface area contributed by atoms with Gasteiger partial charge < -0.3 is 5.73 Å². The van der Waals surface area contributed by atoms with Gasteiger partial charge in [0.2, 0.25) is 0 Å². The van der Waals surface area contributed by atoms with Crippen molar-refractivity contribution < 1.29 is 0 Å². The minimum atomic E-state index is 0.214. The molecular formula is C19H20ClN. The van der Waals surface area contributed by atoms with E-state index in [0.29, 0.717) is 11.8 Å². The van der Waals surface area contributed by atoms with E-state index in [4.69, 9.17) is 17.3 Å². The van der Waals surface area contributed by atoms with Crippen molar-refractivity contribution in [1.29, 1.82) is 0 Å². The summed E-state index contributed by atoms with van der Waals surface area (Å²) in [7, 11) is 0. The summed E-state index contributed by atoms with van der Waals surface area (Å²) in [5.41, 5.74) is 10.8. The normalized spacial score (nSPS) is 27.6. The quantitative estimate of drug-likeness (QED) is 0.903. The second-order valence-corrected chi connectivity index (χ2v) is 6.87. The van der Waals surface area contributed by atoms with Crippen LogP contribution in [0.4, 0.5) is 0 Å². The lowest BCUT2D eigenvalue weighted by molar-refractivity contribution is 0.532. The molecule has 1 fully saturated rings. The summed E-state index contributed by atoms with van der Waals surface area (Å²) in [5, 5.41) is 0.844. The highest BCUT2D eigenvalue weighted by molar-refractivity contribution is 6.31. The molecule has 4 rings (SSSR count). The molecule has 0 radical (unpaired) electrons. The Morgan fingerprint density at radius 3 is 2.71 bits per heavy atom. The van der Waals surface area contributed by atoms with Crippen molar-refractivity contribution in [3.05, 3.63) is 70.2 Å². The van der Waals surface area contributed by atoms with Crippen LogP contribution >= 0.6 is 11.6 Å². The van der Waals surface area contributed by atoms with Crippen LogP contribution in [0, 0.1) is 11.8 Å². The van der Waals surface area contributed by atoms with Crippen molar-refractivity contribution in [2.24, 2.45) is 17.6 Å². The Balaban J connectivity index is 1.53. The van der Waals surface area contributed by atoms with Crippen LogP contribution in [0.25, 0.3) is 0 Å². The van der Waals surface area contributed by atoms with Crippen molar-refractivity contribution in [3.63, 3.8) is 0 Å². The van der Waals surface area contributed by atoms with Gasteiger partial charge >= 0.3 is 0 Å². The van der Waals surface area contributed by atoms with Gasteiger partial charge in [-0.2, -0.15) is 0 Å². The molecule has 0 aliphatic heterocycles. The summed E-state index contributed by atoms with van der Waals surface area (Å²) >= 11 is 6.27. The molecule has 1 saturated carbocycles. The number of benzene rings is 2. The van der Waals surface area contributed by atoms with Crippen molar-refractivity contribution >= 4 is 11.6 Å². The molecule has 0 amide bonds. The summed E-state index contributed by atoms with van der Waals surface area (Å²) in [6.07, 6.45) is 3.40. The third-order valence-electron chi connectivity index (χ3n) is 5.30. The first-order valence-corrected chi connectivity index (χ1v) is 8.20. The van der Waals surface area contributed by atoms with Gasteiger partial charge in [0, 0.05) is 11.1 Å². The zero-order valence-corrected chi connectivity index (χ0v) is 12.8. The number of hydrogen-bond donors (Lipinski definition) is 1. The van der Waals surface area contributed by atoms with Gasteiger partial charge in [-0.1, -0.05) is 54.1 Å². The lowest BCUT2D eigenvalue weighted by Gasteiger charge is -2.14. The summed E-state index contributed by atoms with van der Waals surface area (Å²) < 4.78 is 0. The van der Waals surface area contributed by atoms with E-state index in [1.54, 1.807) is 5.56 Å². The van der Waals surface area contributed by atoms with Crippen molar-refractivity contribution in [2.75, 3.05) is 0 Å². The largest absolute Gasteiger partial charge is 0.327 e. The average molecular weight is 298 g/mol. The van der Waals surface area contributed by atoms with E-state index in [1.807, 2.05) is 18.2 Å². The SMILES string of the molecule is NC(Cc1ccccc1Cl)C1C2CCc3ccccc3C21. The van der Waals surface area contributed by atoms with Gasteiger partial charge in [0.1, 0.15) is 0 Å². The van der Waals surface area contributed by atoms with Crippen LogP contribution in [0.2, 0.25) is 5.02 Å². The maximum Gasteiger partial charge on any atom is 0.0438 e. The molecule has 2 aromatic carbocycles. The van der Waals surface area contributed by atoms with Gasteiger partial charge in [-0.15, -0.1) is 0 Å². The van der Waals surface area contributed by atoms with Crippen LogP contribution < -0.4 is 5.73 Å². The molecule has 2 N–H and O–H groups in total. The number of aryl methyl sites for hydroxylation is 1.